The predicted octanol–water partition coefficient (Wildman–Crippen LogP) is 2.61. The van der Waals surface area contributed by atoms with Crippen LogP contribution in [-0.4, -0.2) is 53.0 Å². The van der Waals surface area contributed by atoms with Gasteiger partial charge < -0.3 is 14.9 Å². The number of benzene rings is 1. The van der Waals surface area contributed by atoms with E-state index in [0.717, 1.165) is 37.8 Å². The van der Waals surface area contributed by atoms with E-state index in [1.165, 1.54) is 0 Å². The van der Waals surface area contributed by atoms with E-state index in [4.69, 9.17) is 0 Å². The van der Waals surface area contributed by atoms with Gasteiger partial charge in [-0.15, -0.1) is 0 Å². The molecule has 0 spiro atoms. The molecule has 130 valence electrons. The zero-order valence-corrected chi connectivity index (χ0v) is 14.4. The number of fused-ring (bicyclic) bond motifs is 1. The second-order valence-corrected chi connectivity index (χ2v) is 7.35. The van der Waals surface area contributed by atoms with E-state index in [1.54, 1.807) is 11.0 Å². The molecule has 1 N–H and O–H groups in total. The van der Waals surface area contributed by atoms with Crippen LogP contribution in [-0.2, 0) is 11.3 Å². The Balaban J connectivity index is 1.87. The summed E-state index contributed by atoms with van der Waals surface area (Å²) in [5.41, 5.74) is 1.67. The van der Waals surface area contributed by atoms with Gasteiger partial charge in [0.25, 0.3) is 5.91 Å². The van der Waals surface area contributed by atoms with E-state index in [2.05, 4.69) is 4.90 Å². The molecule has 1 aromatic carbocycles. The van der Waals surface area contributed by atoms with Gasteiger partial charge in [-0.3, -0.25) is 4.79 Å². The summed E-state index contributed by atoms with van der Waals surface area (Å²) in [6, 6.07) is 7.00. The first kappa shape index (κ1) is 17.0. The molecular formula is C19H26N2O3. The summed E-state index contributed by atoms with van der Waals surface area (Å²) < 4.78 is 0. The fourth-order valence-electron chi connectivity index (χ4n) is 4.29. The minimum Gasteiger partial charge on any atom is -0.480 e. The Labute approximate surface area is 143 Å². The molecule has 1 aliphatic heterocycles. The van der Waals surface area contributed by atoms with E-state index < -0.39 is 12.0 Å². The maximum absolute atomic E-state index is 13.1. The largest absolute Gasteiger partial charge is 0.480 e. The molecule has 3 rings (SSSR count). The smallest absolute Gasteiger partial charge is 0.326 e. The van der Waals surface area contributed by atoms with Crippen LogP contribution in [0.2, 0.25) is 0 Å². The van der Waals surface area contributed by atoms with E-state index >= 15 is 0 Å². The second kappa shape index (κ2) is 6.93. The number of hydrogen-bond donors (Lipinski definition) is 1. The van der Waals surface area contributed by atoms with Gasteiger partial charge in [-0.2, -0.15) is 0 Å². The number of carboxylic acid groups (broad SMARTS) is 1. The molecule has 5 heteroatoms. The van der Waals surface area contributed by atoms with E-state index in [1.807, 2.05) is 32.3 Å². The molecule has 0 aromatic heterocycles. The van der Waals surface area contributed by atoms with Crippen molar-refractivity contribution < 1.29 is 14.7 Å². The quantitative estimate of drug-likeness (QED) is 0.922. The van der Waals surface area contributed by atoms with Crippen LogP contribution in [0.5, 0.6) is 0 Å². The van der Waals surface area contributed by atoms with E-state index in [0.29, 0.717) is 17.9 Å². The Morgan fingerprint density at radius 3 is 2.71 bits per heavy atom. The summed E-state index contributed by atoms with van der Waals surface area (Å²) in [5, 5.41) is 9.60. The first-order valence-electron chi connectivity index (χ1n) is 8.76. The average molecular weight is 330 g/mol. The zero-order valence-electron chi connectivity index (χ0n) is 14.4. The number of hydrogen-bond acceptors (Lipinski definition) is 3. The van der Waals surface area contributed by atoms with Crippen LogP contribution in [0.25, 0.3) is 0 Å². The fourth-order valence-corrected chi connectivity index (χ4v) is 4.29. The molecule has 2 aliphatic rings. The lowest BCUT2D eigenvalue weighted by Crippen LogP contribution is -2.46. The predicted molar refractivity (Wildman–Crippen MR) is 91.8 cm³/mol. The second-order valence-electron chi connectivity index (χ2n) is 7.35. The number of nitrogens with zero attached hydrogens (tertiary/aromatic N) is 2. The van der Waals surface area contributed by atoms with Crippen molar-refractivity contribution >= 4 is 11.9 Å². The highest BCUT2D eigenvalue weighted by molar-refractivity contribution is 5.97. The van der Waals surface area contributed by atoms with Crippen LogP contribution >= 0.6 is 0 Å². The summed E-state index contributed by atoms with van der Waals surface area (Å²) in [7, 11) is 3.98. The van der Waals surface area contributed by atoms with Gasteiger partial charge in [-0.05, 0) is 57.0 Å². The van der Waals surface area contributed by atoms with Crippen molar-refractivity contribution in [1.29, 1.82) is 0 Å². The molecule has 1 aliphatic carbocycles. The highest BCUT2D eigenvalue weighted by Gasteiger charge is 2.47. The summed E-state index contributed by atoms with van der Waals surface area (Å²) >= 11 is 0. The van der Waals surface area contributed by atoms with Gasteiger partial charge in [0.05, 0.1) is 0 Å². The molecule has 0 bridgehead atoms. The lowest BCUT2D eigenvalue weighted by molar-refractivity contribution is -0.141. The Kier molecular flexibility index (Phi) is 4.90. The van der Waals surface area contributed by atoms with Crippen LogP contribution < -0.4 is 0 Å². The molecule has 1 amide bonds. The Morgan fingerprint density at radius 2 is 2.00 bits per heavy atom. The van der Waals surface area contributed by atoms with Gasteiger partial charge in [0.2, 0.25) is 0 Å². The summed E-state index contributed by atoms with van der Waals surface area (Å²) in [6.07, 6.45) is 4.80. The van der Waals surface area contributed by atoms with Crippen molar-refractivity contribution in [2.75, 3.05) is 14.1 Å². The molecule has 1 heterocycles. The molecule has 5 nitrogen and oxygen atoms in total. The Hall–Kier alpha value is -1.88. The van der Waals surface area contributed by atoms with Gasteiger partial charge >= 0.3 is 5.97 Å². The monoisotopic (exact) mass is 330 g/mol. The third kappa shape index (κ3) is 3.31. The third-order valence-corrected chi connectivity index (χ3v) is 5.28. The van der Waals surface area contributed by atoms with Crippen molar-refractivity contribution in [3.05, 3.63) is 35.4 Å². The van der Waals surface area contributed by atoms with Gasteiger partial charge in [-0.25, -0.2) is 4.79 Å². The van der Waals surface area contributed by atoms with Crippen molar-refractivity contribution in [3.63, 3.8) is 0 Å². The maximum atomic E-state index is 13.1. The molecule has 1 saturated carbocycles. The number of likely N-dealkylation sites (tertiary alicyclic amines) is 1. The van der Waals surface area contributed by atoms with Crippen molar-refractivity contribution in [2.24, 2.45) is 5.92 Å². The fraction of sp³-hybridized carbons (Fsp3) is 0.579. The first-order valence-corrected chi connectivity index (χ1v) is 8.76. The summed E-state index contributed by atoms with van der Waals surface area (Å²) in [6.45, 7) is 0.759. The highest BCUT2D eigenvalue weighted by Crippen LogP contribution is 2.40. The molecule has 24 heavy (non-hydrogen) atoms. The standard InChI is InChI=1S/C19H26N2O3/c1-20(2)12-13-6-5-8-15(10-13)18(22)21-16-9-4-3-7-14(16)11-17(21)19(23)24/h5-6,8,10,14,16-17H,3-4,7,9,11-12H2,1-2H3,(H,23,24). The lowest BCUT2D eigenvalue weighted by atomic mass is 9.84. The topological polar surface area (TPSA) is 60.9 Å². The van der Waals surface area contributed by atoms with Crippen LogP contribution in [0.1, 0.15) is 48.0 Å². The first-order chi connectivity index (χ1) is 11.5. The maximum Gasteiger partial charge on any atom is 0.326 e. The van der Waals surface area contributed by atoms with Gasteiger partial charge in [0, 0.05) is 18.2 Å². The number of amides is 1. The lowest BCUT2D eigenvalue weighted by Gasteiger charge is -2.33. The van der Waals surface area contributed by atoms with Crippen molar-refractivity contribution in [1.82, 2.24) is 9.80 Å². The van der Waals surface area contributed by atoms with E-state index in [9.17, 15) is 14.7 Å². The van der Waals surface area contributed by atoms with Crippen molar-refractivity contribution in [2.45, 2.75) is 50.7 Å². The molecule has 3 unspecified atom stereocenters. The number of carbonyl (C=O) groups excluding carboxylic acids is 1. The molecular weight excluding hydrogens is 304 g/mol. The van der Waals surface area contributed by atoms with Crippen LogP contribution in [0, 0.1) is 5.92 Å². The minimum absolute atomic E-state index is 0.0878. The number of carboxylic acids is 1. The summed E-state index contributed by atoms with van der Waals surface area (Å²) in [5.74, 6) is -0.659. The van der Waals surface area contributed by atoms with Crippen LogP contribution in [0.3, 0.4) is 0 Å². The average Bonchev–Trinajstić information content (AvgIpc) is 2.93. The van der Waals surface area contributed by atoms with Gasteiger partial charge in [-0.1, -0.05) is 25.0 Å². The molecule has 2 fully saturated rings. The SMILES string of the molecule is CN(C)Cc1cccc(C(=O)N2C(C(=O)O)CC3CCCCC32)c1. The van der Waals surface area contributed by atoms with Crippen LogP contribution in [0.4, 0.5) is 0 Å². The number of aliphatic carboxylic acids is 1. The van der Waals surface area contributed by atoms with Crippen molar-refractivity contribution in [3.8, 4) is 0 Å². The number of carbonyl (C=O) groups is 2. The molecule has 3 atom stereocenters. The van der Waals surface area contributed by atoms with Gasteiger partial charge in [0.1, 0.15) is 6.04 Å². The number of rotatable bonds is 4. The van der Waals surface area contributed by atoms with Crippen LogP contribution in [0.15, 0.2) is 24.3 Å². The Morgan fingerprint density at radius 1 is 1.25 bits per heavy atom. The van der Waals surface area contributed by atoms with Gasteiger partial charge in [0.15, 0.2) is 0 Å². The highest BCUT2D eigenvalue weighted by atomic mass is 16.4. The molecule has 0 radical (unpaired) electrons. The zero-order chi connectivity index (χ0) is 17.3. The molecule has 1 aromatic rings. The molecule has 1 saturated heterocycles. The Bertz CT molecular complexity index is 629. The summed E-state index contributed by atoms with van der Waals surface area (Å²) in [4.78, 5) is 28.5. The van der Waals surface area contributed by atoms with E-state index in [-0.39, 0.29) is 11.9 Å². The normalized spacial score (nSPS) is 26.5. The minimum atomic E-state index is -0.873. The third-order valence-electron chi connectivity index (χ3n) is 5.28.